The summed E-state index contributed by atoms with van der Waals surface area (Å²) < 4.78 is 5.78. The molecular formula is C23H47NO. The smallest absolute Gasteiger partial charge is 0.0503 e. The van der Waals surface area contributed by atoms with Crippen molar-refractivity contribution in [2.24, 2.45) is 5.92 Å². The first-order valence-electron chi connectivity index (χ1n) is 11.1. The monoisotopic (exact) mass is 353 g/mol. The van der Waals surface area contributed by atoms with Gasteiger partial charge in [-0.25, -0.2) is 0 Å². The van der Waals surface area contributed by atoms with Crippen LogP contribution in [-0.4, -0.2) is 25.8 Å². The van der Waals surface area contributed by atoms with Crippen molar-refractivity contribution in [2.75, 3.05) is 19.8 Å². The number of ether oxygens (including phenoxy) is 1. The number of allylic oxidation sites excluding steroid dienone is 2. The number of nitrogens with one attached hydrogen (secondary N) is 1. The molecule has 0 aliphatic heterocycles. The van der Waals surface area contributed by atoms with Crippen LogP contribution >= 0.6 is 0 Å². The van der Waals surface area contributed by atoms with Gasteiger partial charge in [0.25, 0.3) is 0 Å². The molecule has 0 amide bonds. The molecule has 0 aliphatic rings. The van der Waals surface area contributed by atoms with E-state index >= 15 is 0 Å². The van der Waals surface area contributed by atoms with Crippen LogP contribution in [0, 0.1) is 5.92 Å². The first-order valence-corrected chi connectivity index (χ1v) is 11.1. The number of rotatable bonds is 19. The molecular weight excluding hydrogens is 306 g/mol. The van der Waals surface area contributed by atoms with Gasteiger partial charge in [0, 0.05) is 19.2 Å². The first-order chi connectivity index (χ1) is 12.2. The van der Waals surface area contributed by atoms with Crippen molar-refractivity contribution in [3.63, 3.8) is 0 Å². The lowest BCUT2D eigenvalue weighted by atomic mass is 10.1. The van der Waals surface area contributed by atoms with Crippen molar-refractivity contribution in [2.45, 2.75) is 111 Å². The van der Waals surface area contributed by atoms with Gasteiger partial charge >= 0.3 is 0 Å². The van der Waals surface area contributed by atoms with Gasteiger partial charge < -0.3 is 10.1 Å². The molecule has 0 aromatic rings. The van der Waals surface area contributed by atoms with Gasteiger partial charge in [0.05, 0.1) is 6.61 Å². The summed E-state index contributed by atoms with van der Waals surface area (Å²) in [5.41, 5.74) is 0. The van der Waals surface area contributed by atoms with Crippen molar-refractivity contribution in [1.29, 1.82) is 0 Å². The van der Waals surface area contributed by atoms with Gasteiger partial charge in [-0.1, -0.05) is 84.8 Å². The fourth-order valence-corrected chi connectivity index (χ4v) is 2.88. The Kier molecular flexibility index (Phi) is 19.7. The van der Waals surface area contributed by atoms with Crippen LogP contribution in [0.4, 0.5) is 0 Å². The highest BCUT2D eigenvalue weighted by Gasteiger charge is 2.02. The second-order valence-corrected chi connectivity index (χ2v) is 7.97. The summed E-state index contributed by atoms with van der Waals surface area (Å²) in [7, 11) is 0. The highest BCUT2D eigenvalue weighted by atomic mass is 16.5. The molecule has 0 saturated heterocycles. The first kappa shape index (κ1) is 24.7. The second kappa shape index (κ2) is 20.0. The summed E-state index contributed by atoms with van der Waals surface area (Å²) >= 11 is 0. The minimum atomic E-state index is 0.572. The van der Waals surface area contributed by atoms with E-state index in [9.17, 15) is 0 Å². The quantitative estimate of drug-likeness (QED) is 0.201. The SMILES string of the molecule is CCCCCCCC/C=C/CCCCCCOCC(C)CNC(C)C. The Morgan fingerprint density at radius 2 is 1.32 bits per heavy atom. The summed E-state index contributed by atoms with van der Waals surface area (Å²) in [6, 6.07) is 0.572. The standard InChI is InChI=1S/C23H47NO/c1-5-6-7-8-9-10-11-12-13-14-15-16-17-18-19-25-21-23(4)20-24-22(2)3/h12-13,22-24H,5-11,14-21H2,1-4H3/b13-12+. The topological polar surface area (TPSA) is 21.3 Å². The maximum atomic E-state index is 5.78. The Bertz CT molecular complexity index is 275. The summed E-state index contributed by atoms with van der Waals surface area (Å²) in [6.45, 7) is 11.8. The second-order valence-electron chi connectivity index (χ2n) is 7.97. The Hall–Kier alpha value is -0.340. The maximum Gasteiger partial charge on any atom is 0.0503 e. The Balaban J connectivity index is 3.17. The summed E-state index contributed by atoms with van der Waals surface area (Å²) in [5, 5.41) is 3.46. The molecule has 1 N–H and O–H groups in total. The zero-order valence-electron chi connectivity index (χ0n) is 17.8. The van der Waals surface area contributed by atoms with Crippen LogP contribution in [0.1, 0.15) is 105 Å². The van der Waals surface area contributed by atoms with E-state index in [1.54, 1.807) is 0 Å². The molecule has 2 heteroatoms. The largest absolute Gasteiger partial charge is 0.381 e. The third-order valence-corrected chi connectivity index (χ3v) is 4.58. The van der Waals surface area contributed by atoms with Gasteiger partial charge in [-0.05, 0) is 38.0 Å². The van der Waals surface area contributed by atoms with Gasteiger partial charge in [-0.2, -0.15) is 0 Å². The lowest BCUT2D eigenvalue weighted by Crippen LogP contribution is -2.29. The molecule has 0 aromatic carbocycles. The molecule has 0 aliphatic carbocycles. The minimum Gasteiger partial charge on any atom is -0.381 e. The van der Waals surface area contributed by atoms with Crippen molar-refractivity contribution < 1.29 is 4.74 Å². The van der Waals surface area contributed by atoms with Crippen molar-refractivity contribution >= 4 is 0 Å². The van der Waals surface area contributed by atoms with Crippen molar-refractivity contribution in [3.05, 3.63) is 12.2 Å². The van der Waals surface area contributed by atoms with Crippen LogP contribution in [0.5, 0.6) is 0 Å². The minimum absolute atomic E-state index is 0.572. The normalized spacial score (nSPS) is 13.2. The fraction of sp³-hybridized carbons (Fsp3) is 0.913. The third-order valence-electron chi connectivity index (χ3n) is 4.58. The average Bonchev–Trinajstić information content (AvgIpc) is 2.59. The van der Waals surface area contributed by atoms with E-state index in [1.807, 2.05) is 0 Å². The Morgan fingerprint density at radius 3 is 1.92 bits per heavy atom. The summed E-state index contributed by atoms with van der Waals surface area (Å²) in [5.74, 6) is 0.610. The van der Waals surface area contributed by atoms with Crippen LogP contribution in [0.3, 0.4) is 0 Å². The fourth-order valence-electron chi connectivity index (χ4n) is 2.88. The van der Waals surface area contributed by atoms with Gasteiger partial charge in [0.15, 0.2) is 0 Å². The number of hydrogen-bond donors (Lipinski definition) is 1. The predicted molar refractivity (Wildman–Crippen MR) is 113 cm³/mol. The zero-order valence-corrected chi connectivity index (χ0v) is 17.8. The molecule has 0 spiro atoms. The third kappa shape index (κ3) is 21.6. The summed E-state index contributed by atoms with van der Waals surface area (Å²) in [4.78, 5) is 0. The van der Waals surface area contributed by atoms with E-state index in [2.05, 4.69) is 45.2 Å². The predicted octanol–water partition coefficient (Wildman–Crippen LogP) is 6.89. The van der Waals surface area contributed by atoms with E-state index in [0.29, 0.717) is 12.0 Å². The lowest BCUT2D eigenvalue weighted by molar-refractivity contribution is 0.100. The van der Waals surface area contributed by atoms with Crippen molar-refractivity contribution in [3.8, 4) is 0 Å². The van der Waals surface area contributed by atoms with E-state index in [1.165, 1.54) is 77.0 Å². The highest BCUT2D eigenvalue weighted by Crippen LogP contribution is 2.08. The van der Waals surface area contributed by atoms with Gasteiger partial charge in [0.1, 0.15) is 0 Å². The van der Waals surface area contributed by atoms with E-state index in [0.717, 1.165) is 19.8 Å². The van der Waals surface area contributed by atoms with Crippen LogP contribution < -0.4 is 5.32 Å². The van der Waals surface area contributed by atoms with Crippen LogP contribution in [-0.2, 0) is 4.74 Å². The maximum absolute atomic E-state index is 5.78. The average molecular weight is 354 g/mol. The van der Waals surface area contributed by atoms with E-state index in [-0.39, 0.29) is 0 Å². The van der Waals surface area contributed by atoms with E-state index in [4.69, 9.17) is 4.74 Å². The van der Waals surface area contributed by atoms with Gasteiger partial charge in [0.2, 0.25) is 0 Å². The molecule has 0 rings (SSSR count). The highest BCUT2D eigenvalue weighted by molar-refractivity contribution is 4.81. The molecule has 150 valence electrons. The molecule has 2 nitrogen and oxygen atoms in total. The van der Waals surface area contributed by atoms with Crippen LogP contribution in [0.25, 0.3) is 0 Å². The molecule has 0 bridgehead atoms. The van der Waals surface area contributed by atoms with Crippen molar-refractivity contribution in [1.82, 2.24) is 5.32 Å². The molecule has 0 aromatic heterocycles. The Labute approximate surface area is 159 Å². The van der Waals surface area contributed by atoms with Gasteiger partial charge in [-0.3, -0.25) is 0 Å². The molecule has 25 heavy (non-hydrogen) atoms. The number of hydrogen-bond acceptors (Lipinski definition) is 2. The van der Waals surface area contributed by atoms with E-state index < -0.39 is 0 Å². The molecule has 0 heterocycles. The molecule has 1 atom stereocenters. The molecule has 0 saturated carbocycles. The zero-order chi connectivity index (χ0) is 18.6. The van der Waals surface area contributed by atoms with Crippen LogP contribution in [0.15, 0.2) is 12.2 Å². The lowest BCUT2D eigenvalue weighted by Gasteiger charge is -2.15. The van der Waals surface area contributed by atoms with Gasteiger partial charge in [-0.15, -0.1) is 0 Å². The Morgan fingerprint density at radius 1 is 0.760 bits per heavy atom. The van der Waals surface area contributed by atoms with Crippen LogP contribution in [0.2, 0.25) is 0 Å². The molecule has 0 radical (unpaired) electrons. The number of unbranched alkanes of at least 4 members (excludes halogenated alkanes) is 10. The molecule has 0 fully saturated rings. The summed E-state index contributed by atoms with van der Waals surface area (Å²) in [6.07, 6.45) is 20.9. The molecule has 1 unspecified atom stereocenters.